The van der Waals surface area contributed by atoms with Crippen molar-refractivity contribution in [1.82, 2.24) is 20.0 Å². The Bertz CT molecular complexity index is 688. The zero-order chi connectivity index (χ0) is 13.2. The summed E-state index contributed by atoms with van der Waals surface area (Å²) in [6.07, 6.45) is 3.50. The van der Waals surface area contributed by atoms with E-state index in [9.17, 15) is 0 Å². The van der Waals surface area contributed by atoms with Gasteiger partial charge in [-0.1, -0.05) is 5.21 Å². The molecule has 3 N–H and O–H groups in total. The third-order valence-electron chi connectivity index (χ3n) is 2.79. The number of nitrogens with zero attached hydrogens (tertiary/aromatic N) is 4. The maximum Gasteiger partial charge on any atom is 0.0907 e. The van der Waals surface area contributed by atoms with Crippen molar-refractivity contribution in [2.45, 2.75) is 13.5 Å². The summed E-state index contributed by atoms with van der Waals surface area (Å²) in [7, 11) is 0. The molecule has 7 heteroatoms. The van der Waals surface area contributed by atoms with Crippen molar-refractivity contribution < 1.29 is 0 Å². The molecule has 6 nitrogen and oxygen atoms in total. The largest absolute Gasteiger partial charge is 0.397 e. The molecular formula is C12H14N6S. The second kappa shape index (κ2) is 4.85. The Kier molecular flexibility index (Phi) is 3.04. The van der Waals surface area contributed by atoms with E-state index >= 15 is 0 Å². The zero-order valence-electron chi connectivity index (χ0n) is 10.5. The van der Waals surface area contributed by atoms with Gasteiger partial charge in [-0.3, -0.25) is 4.68 Å². The molecule has 0 amide bonds. The first-order valence-electron chi connectivity index (χ1n) is 5.97. The number of rotatable bonds is 4. The molecule has 19 heavy (non-hydrogen) atoms. The second-order valence-electron chi connectivity index (χ2n) is 4.23. The lowest BCUT2D eigenvalue weighted by molar-refractivity contribution is 0.609. The molecule has 3 aromatic rings. The van der Waals surface area contributed by atoms with Gasteiger partial charge in [-0.05, 0) is 19.1 Å². The predicted molar refractivity (Wildman–Crippen MR) is 77.3 cm³/mol. The van der Waals surface area contributed by atoms with Crippen molar-refractivity contribution in [2.24, 2.45) is 0 Å². The Labute approximate surface area is 114 Å². The second-order valence-corrected chi connectivity index (χ2v) is 5.47. The van der Waals surface area contributed by atoms with Crippen molar-refractivity contribution in [3.63, 3.8) is 0 Å². The molecule has 0 aliphatic carbocycles. The number of thiazole rings is 1. The van der Waals surface area contributed by atoms with Crippen LogP contribution in [0, 0.1) is 6.92 Å². The summed E-state index contributed by atoms with van der Waals surface area (Å²) in [4.78, 5) is 4.47. The van der Waals surface area contributed by atoms with Gasteiger partial charge in [0.05, 0.1) is 39.3 Å². The number of anilines is 2. The van der Waals surface area contributed by atoms with Crippen LogP contribution in [-0.4, -0.2) is 26.5 Å². The fourth-order valence-corrected chi connectivity index (χ4v) is 2.77. The summed E-state index contributed by atoms with van der Waals surface area (Å²) >= 11 is 1.66. The number of aryl methyl sites for hydroxylation is 1. The molecule has 0 radical (unpaired) electrons. The molecule has 98 valence electrons. The summed E-state index contributed by atoms with van der Waals surface area (Å²) in [6, 6.07) is 3.97. The Morgan fingerprint density at radius 3 is 3.11 bits per heavy atom. The Hall–Kier alpha value is -2.15. The van der Waals surface area contributed by atoms with Gasteiger partial charge in [-0.15, -0.1) is 16.4 Å². The van der Waals surface area contributed by atoms with Gasteiger partial charge in [-0.25, -0.2) is 4.98 Å². The van der Waals surface area contributed by atoms with Crippen LogP contribution in [0.2, 0.25) is 0 Å². The minimum absolute atomic E-state index is 0.738. The van der Waals surface area contributed by atoms with E-state index in [0.29, 0.717) is 0 Å². The molecule has 0 atom stereocenters. The Morgan fingerprint density at radius 1 is 1.42 bits per heavy atom. The standard InChI is InChI=1S/C12H14N6S/c1-8-16-11-7-10(9(13)6-12(11)19-8)14-2-4-18-5-3-15-17-18/h3,5-7,14H,2,4,13H2,1H3. The van der Waals surface area contributed by atoms with E-state index in [-0.39, 0.29) is 0 Å². The van der Waals surface area contributed by atoms with E-state index < -0.39 is 0 Å². The highest BCUT2D eigenvalue weighted by molar-refractivity contribution is 7.18. The number of hydrogen-bond acceptors (Lipinski definition) is 6. The van der Waals surface area contributed by atoms with Gasteiger partial charge in [0, 0.05) is 12.7 Å². The number of nitrogen functional groups attached to an aromatic ring is 1. The zero-order valence-corrected chi connectivity index (χ0v) is 11.3. The molecule has 0 fully saturated rings. The molecule has 0 aliphatic rings. The van der Waals surface area contributed by atoms with E-state index in [1.165, 1.54) is 0 Å². The minimum Gasteiger partial charge on any atom is -0.397 e. The predicted octanol–water partition coefficient (Wildman–Crippen LogP) is 1.89. The normalized spacial score (nSPS) is 11.0. The van der Waals surface area contributed by atoms with E-state index in [4.69, 9.17) is 5.73 Å². The highest BCUT2D eigenvalue weighted by Gasteiger charge is 2.05. The molecule has 0 unspecified atom stereocenters. The van der Waals surface area contributed by atoms with Crippen LogP contribution in [0.4, 0.5) is 11.4 Å². The first-order valence-corrected chi connectivity index (χ1v) is 6.78. The number of nitrogens with two attached hydrogens (primary N) is 1. The van der Waals surface area contributed by atoms with Crippen LogP contribution in [-0.2, 0) is 6.54 Å². The van der Waals surface area contributed by atoms with Gasteiger partial charge in [0.15, 0.2) is 0 Å². The quantitative estimate of drug-likeness (QED) is 0.710. The van der Waals surface area contributed by atoms with Crippen molar-refractivity contribution in [2.75, 3.05) is 17.6 Å². The lowest BCUT2D eigenvalue weighted by Crippen LogP contribution is -2.12. The Balaban J connectivity index is 1.74. The minimum atomic E-state index is 0.738. The monoisotopic (exact) mass is 274 g/mol. The lowest BCUT2D eigenvalue weighted by atomic mass is 10.2. The summed E-state index contributed by atoms with van der Waals surface area (Å²) in [5.41, 5.74) is 8.68. The van der Waals surface area contributed by atoms with Crippen molar-refractivity contribution in [1.29, 1.82) is 0 Å². The average molecular weight is 274 g/mol. The van der Waals surface area contributed by atoms with Gasteiger partial charge in [0.2, 0.25) is 0 Å². The van der Waals surface area contributed by atoms with Crippen molar-refractivity contribution >= 4 is 32.9 Å². The molecule has 0 bridgehead atoms. The third-order valence-corrected chi connectivity index (χ3v) is 3.73. The van der Waals surface area contributed by atoms with Gasteiger partial charge < -0.3 is 11.1 Å². The van der Waals surface area contributed by atoms with Crippen LogP contribution in [0.5, 0.6) is 0 Å². The van der Waals surface area contributed by atoms with Gasteiger partial charge >= 0.3 is 0 Å². The number of benzene rings is 1. The molecule has 0 saturated carbocycles. The average Bonchev–Trinajstić information content (AvgIpc) is 2.98. The summed E-state index contributed by atoms with van der Waals surface area (Å²) in [6.45, 7) is 3.48. The van der Waals surface area contributed by atoms with Crippen molar-refractivity contribution in [3.8, 4) is 0 Å². The molecule has 0 spiro atoms. The van der Waals surface area contributed by atoms with Gasteiger partial charge in [0.25, 0.3) is 0 Å². The smallest absolute Gasteiger partial charge is 0.0907 e. The van der Waals surface area contributed by atoms with E-state index in [1.807, 2.05) is 25.3 Å². The maximum atomic E-state index is 6.04. The van der Waals surface area contributed by atoms with Gasteiger partial charge in [0.1, 0.15) is 0 Å². The molecule has 2 aromatic heterocycles. The van der Waals surface area contributed by atoms with Crippen LogP contribution in [0.3, 0.4) is 0 Å². The first-order chi connectivity index (χ1) is 9.22. The fraction of sp³-hybridized carbons (Fsp3) is 0.250. The molecule has 1 aromatic carbocycles. The summed E-state index contributed by atoms with van der Waals surface area (Å²) < 4.78 is 2.89. The molecule has 0 aliphatic heterocycles. The Morgan fingerprint density at radius 2 is 2.32 bits per heavy atom. The van der Waals surface area contributed by atoms with Crippen LogP contribution in [0.1, 0.15) is 5.01 Å². The van der Waals surface area contributed by atoms with E-state index in [0.717, 1.165) is 39.7 Å². The van der Waals surface area contributed by atoms with Crippen LogP contribution >= 0.6 is 11.3 Å². The number of nitrogens with one attached hydrogen (secondary N) is 1. The van der Waals surface area contributed by atoms with Crippen LogP contribution in [0.25, 0.3) is 10.2 Å². The molecule has 3 rings (SSSR count). The SMILES string of the molecule is Cc1nc2cc(NCCn3ccnn3)c(N)cc2s1. The number of aromatic nitrogens is 4. The van der Waals surface area contributed by atoms with E-state index in [2.05, 4.69) is 20.6 Å². The number of fused-ring (bicyclic) bond motifs is 1. The lowest BCUT2D eigenvalue weighted by Gasteiger charge is -2.09. The van der Waals surface area contributed by atoms with Gasteiger partial charge in [-0.2, -0.15) is 0 Å². The third kappa shape index (κ3) is 2.50. The highest BCUT2D eigenvalue weighted by atomic mass is 32.1. The van der Waals surface area contributed by atoms with Crippen LogP contribution in [0.15, 0.2) is 24.5 Å². The highest BCUT2D eigenvalue weighted by Crippen LogP contribution is 2.29. The number of hydrogen-bond donors (Lipinski definition) is 2. The first kappa shape index (κ1) is 11.9. The molecular weight excluding hydrogens is 260 g/mol. The summed E-state index contributed by atoms with van der Waals surface area (Å²) in [5, 5.41) is 12.0. The molecule has 0 saturated heterocycles. The summed E-state index contributed by atoms with van der Waals surface area (Å²) in [5.74, 6) is 0. The molecule has 2 heterocycles. The topological polar surface area (TPSA) is 81.7 Å². The van der Waals surface area contributed by atoms with E-state index in [1.54, 1.807) is 22.2 Å². The van der Waals surface area contributed by atoms with Crippen LogP contribution < -0.4 is 11.1 Å². The fourth-order valence-electron chi connectivity index (χ4n) is 1.92. The maximum absolute atomic E-state index is 6.04. The van der Waals surface area contributed by atoms with Crippen molar-refractivity contribution in [3.05, 3.63) is 29.5 Å².